The summed E-state index contributed by atoms with van der Waals surface area (Å²) < 4.78 is 26.7. The monoisotopic (exact) mass is 242 g/mol. The van der Waals surface area contributed by atoms with Gasteiger partial charge in [-0.1, -0.05) is 6.07 Å². The molecule has 0 saturated heterocycles. The lowest BCUT2D eigenvalue weighted by molar-refractivity contribution is 0.464. The molecule has 0 N–H and O–H groups in total. The van der Waals surface area contributed by atoms with Gasteiger partial charge in [-0.2, -0.15) is 10.2 Å². The van der Waals surface area contributed by atoms with Crippen molar-refractivity contribution in [3.05, 3.63) is 23.8 Å². The first-order chi connectivity index (χ1) is 7.02. The van der Waals surface area contributed by atoms with Gasteiger partial charge in [0.15, 0.2) is 5.58 Å². The molecular formula is C8H3ClN2O3S. The van der Waals surface area contributed by atoms with Gasteiger partial charge in [-0.25, -0.2) is 8.42 Å². The minimum atomic E-state index is -4.00. The van der Waals surface area contributed by atoms with Crippen LogP contribution in [0.5, 0.6) is 0 Å². The average Bonchev–Trinajstić information content (AvgIpc) is 2.59. The Balaban J connectivity index is 2.84. The second-order valence-electron chi connectivity index (χ2n) is 2.68. The number of nitrogens with zero attached hydrogens (tertiary/aromatic N) is 2. The fraction of sp³-hybridized carbons (Fsp3) is 0. The highest BCUT2D eigenvalue weighted by Gasteiger charge is 2.19. The third-order valence-electron chi connectivity index (χ3n) is 1.73. The number of hydrogen-bond donors (Lipinski definition) is 0. The van der Waals surface area contributed by atoms with Crippen molar-refractivity contribution in [2.24, 2.45) is 0 Å². The summed E-state index contributed by atoms with van der Waals surface area (Å²) in [6.07, 6.45) is 0. The first-order valence-corrected chi connectivity index (χ1v) is 6.07. The number of aromatic nitrogens is 1. The van der Waals surface area contributed by atoms with Crippen LogP contribution in [0.4, 0.5) is 0 Å². The number of rotatable bonds is 1. The summed E-state index contributed by atoms with van der Waals surface area (Å²) in [5.41, 5.74) is 0.648. The molecule has 2 rings (SSSR count). The first kappa shape index (κ1) is 9.96. The normalized spacial score (nSPS) is 11.5. The Hall–Kier alpha value is -1.58. The largest absolute Gasteiger partial charge is 0.427 e. The molecule has 0 aliphatic carbocycles. The molecule has 0 bridgehead atoms. The van der Waals surface area contributed by atoms with Crippen molar-refractivity contribution < 1.29 is 12.8 Å². The molecule has 0 saturated carbocycles. The van der Waals surface area contributed by atoms with E-state index in [1.165, 1.54) is 12.1 Å². The summed E-state index contributed by atoms with van der Waals surface area (Å²) >= 11 is 0. The third kappa shape index (κ3) is 1.67. The highest BCUT2D eigenvalue weighted by Crippen LogP contribution is 2.23. The van der Waals surface area contributed by atoms with Crippen molar-refractivity contribution >= 4 is 30.8 Å². The van der Waals surface area contributed by atoms with Gasteiger partial charge in [0.25, 0.3) is 0 Å². The average molecular weight is 243 g/mol. The standard InChI is InChI=1S/C8H3ClN2O3S/c9-15(12,13)8-11-7-5(4-10)2-1-3-6(7)14-8/h1-3H. The molecule has 0 spiro atoms. The molecule has 76 valence electrons. The fourth-order valence-corrected chi connectivity index (χ4v) is 1.71. The SMILES string of the molecule is N#Cc1cccc2oc(S(=O)(=O)Cl)nc12. The quantitative estimate of drug-likeness (QED) is 0.710. The highest BCUT2D eigenvalue weighted by molar-refractivity contribution is 8.13. The summed E-state index contributed by atoms with van der Waals surface area (Å²) in [6.45, 7) is 0. The van der Waals surface area contributed by atoms with Crippen molar-refractivity contribution in [2.75, 3.05) is 0 Å². The van der Waals surface area contributed by atoms with Crippen LogP contribution in [0.3, 0.4) is 0 Å². The number of nitriles is 1. The summed E-state index contributed by atoms with van der Waals surface area (Å²) in [7, 11) is 1.05. The van der Waals surface area contributed by atoms with Crippen LogP contribution in [-0.2, 0) is 9.05 Å². The Labute approximate surface area is 89.3 Å². The van der Waals surface area contributed by atoms with E-state index in [0.717, 1.165) is 0 Å². The Kier molecular flexibility index (Phi) is 2.14. The zero-order valence-corrected chi connectivity index (χ0v) is 8.71. The Morgan fingerprint density at radius 2 is 2.20 bits per heavy atom. The van der Waals surface area contributed by atoms with Crippen molar-refractivity contribution in [2.45, 2.75) is 5.22 Å². The molecule has 1 heterocycles. The topological polar surface area (TPSA) is 84.0 Å². The van der Waals surface area contributed by atoms with Gasteiger partial charge < -0.3 is 4.42 Å². The van der Waals surface area contributed by atoms with Crippen molar-refractivity contribution in [3.63, 3.8) is 0 Å². The molecule has 2 aromatic rings. The minimum Gasteiger partial charge on any atom is -0.427 e. The maximum absolute atomic E-state index is 10.9. The molecule has 15 heavy (non-hydrogen) atoms. The Morgan fingerprint density at radius 1 is 1.47 bits per heavy atom. The number of hydrogen-bond acceptors (Lipinski definition) is 5. The Bertz CT molecular complexity index is 669. The number of fused-ring (bicyclic) bond motifs is 1. The van der Waals surface area contributed by atoms with Crippen molar-refractivity contribution in [1.29, 1.82) is 5.26 Å². The van der Waals surface area contributed by atoms with Crippen LogP contribution >= 0.6 is 10.7 Å². The number of benzene rings is 1. The molecule has 1 aromatic heterocycles. The molecule has 0 unspecified atom stereocenters. The van der Waals surface area contributed by atoms with Crippen LogP contribution in [0, 0.1) is 11.3 Å². The second-order valence-corrected chi connectivity index (χ2v) is 5.13. The predicted octanol–water partition coefficient (Wildman–Crippen LogP) is 1.63. The Morgan fingerprint density at radius 3 is 2.80 bits per heavy atom. The van der Waals surface area contributed by atoms with Gasteiger partial charge in [-0.15, -0.1) is 0 Å². The fourth-order valence-electron chi connectivity index (χ4n) is 1.12. The number of oxazole rings is 1. The van der Waals surface area contributed by atoms with E-state index in [9.17, 15) is 8.42 Å². The third-order valence-corrected chi connectivity index (χ3v) is 2.72. The molecule has 0 aliphatic rings. The highest BCUT2D eigenvalue weighted by atomic mass is 35.7. The van der Waals surface area contributed by atoms with E-state index in [1.807, 2.05) is 6.07 Å². The van der Waals surface area contributed by atoms with Crippen LogP contribution in [0.25, 0.3) is 11.1 Å². The van der Waals surface area contributed by atoms with Gasteiger partial charge in [0.2, 0.25) is 0 Å². The molecule has 0 aliphatic heterocycles. The van der Waals surface area contributed by atoms with E-state index >= 15 is 0 Å². The van der Waals surface area contributed by atoms with Crippen LogP contribution in [0.2, 0.25) is 0 Å². The lowest BCUT2D eigenvalue weighted by Crippen LogP contribution is -1.89. The molecule has 0 fully saturated rings. The van der Waals surface area contributed by atoms with Crippen LogP contribution in [-0.4, -0.2) is 13.4 Å². The zero-order valence-electron chi connectivity index (χ0n) is 7.14. The first-order valence-electron chi connectivity index (χ1n) is 3.76. The lowest BCUT2D eigenvalue weighted by atomic mass is 10.2. The van der Waals surface area contributed by atoms with E-state index in [4.69, 9.17) is 20.4 Å². The molecular weight excluding hydrogens is 240 g/mol. The zero-order chi connectivity index (χ0) is 11.1. The van der Waals surface area contributed by atoms with E-state index in [-0.39, 0.29) is 16.7 Å². The van der Waals surface area contributed by atoms with E-state index in [0.29, 0.717) is 0 Å². The molecule has 7 heteroatoms. The van der Waals surface area contributed by atoms with E-state index in [1.54, 1.807) is 6.07 Å². The van der Waals surface area contributed by atoms with E-state index < -0.39 is 14.3 Å². The lowest BCUT2D eigenvalue weighted by Gasteiger charge is -1.86. The molecule has 0 amide bonds. The van der Waals surface area contributed by atoms with Gasteiger partial charge in [-0.3, -0.25) is 0 Å². The number of halogens is 1. The van der Waals surface area contributed by atoms with Crippen LogP contribution in [0.15, 0.2) is 27.8 Å². The number of para-hydroxylation sites is 1. The minimum absolute atomic E-state index is 0.194. The van der Waals surface area contributed by atoms with Crippen molar-refractivity contribution in [1.82, 2.24) is 4.98 Å². The van der Waals surface area contributed by atoms with Gasteiger partial charge in [0.1, 0.15) is 11.6 Å². The smallest absolute Gasteiger partial charge is 0.332 e. The van der Waals surface area contributed by atoms with Gasteiger partial charge >= 0.3 is 14.3 Å². The second kappa shape index (κ2) is 3.22. The summed E-state index contributed by atoms with van der Waals surface area (Å²) in [5.74, 6) is 0. The van der Waals surface area contributed by atoms with Gasteiger partial charge in [-0.05, 0) is 12.1 Å². The van der Waals surface area contributed by atoms with E-state index in [2.05, 4.69) is 4.98 Å². The maximum Gasteiger partial charge on any atom is 0.332 e. The van der Waals surface area contributed by atoms with Crippen LogP contribution < -0.4 is 0 Å². The molecule has 0 radical (unpaired) electrons. The predicted molar refractivity (Wildman–Crippen MR) is 51.8 cm³/mol. The summed E-state index contributed by atoms with van der Waals surface area (Å²) in [5, 5.41) is 8.14. The van der Waals surface area contributed by atoms with Crippen LogP contribution in [0.1, 0.15) is 5.56 Å². The molecule has 5 nitrogen and oxygen atoms in total. The summed E-state index contributed by atoms with van der Waals surface area (Å²) in [4.78, 5) is 3.65. The molecule has 0 atom stereocenters. The molecule has 1 aromatic carbocycles. The maximum atomic E-state index is 10.9. The summed E-state index contributed by atoms with van der Waals surface area (Å²) in [6, 6.07) is 6.46. The van der Waals surface area contributed by atoms with Gasteiger partial charge in [0, 0.05) is 10.7 Å². The van der Waals surface area contributed by atoms with Crippen molar-refractivity contribution in [3.8, 4) is 6.07 Å². The van der Waals surface area contributed by atoms with Gasteiger partial charge in [0.05, 0.1) is 5.56 Å².